The summed E-state index contributed by atoms with van der Waals surface area (Å²) in [7, 11) is 1.56. The smallest absolute Gasteiger partial charge is 0.324 e. The van der Waals surface area contributed by atoms with Gasteiger partial charge in [-0.15, -0.1) is 0 Å². The van der Waals surface area contributed by atoms with Crippen molar-refractivity contribution in [1.29, 1.82) is 0 Å². The van der Waals surface area contributed by atoms with E-state index < -0.39 is 10.8 Å². The van der Waals surface area contributed by atoms with Crippen LogP contribution in [0.5, 0.6) is 11.5 Å². The number of thiophene rings is 1. The SMILES string of the molecule is COc1ccc(OCC(=O)N/N=C/c2ccc([N+](=O)[O-])s2)cc1. The number of methoxy groups -OCH3 is 1. The zero-order chi connectivity index (χ0) is 16.7. The van der Waals surface area contributed by atoms with E-state index in [1.165, 1.54) is 12.3 Å². The molecule has 1 amide bonds. The van der Waals surface area contributed by atoms with Crippen LogP contribution in [0.4, 0.5) is 5.00 Å². The lowest BCUT2D eigenvalue weighted by Crippen LogP contribution is -2.24. The molecule has 0 unspecified atom stereocenters. The number of hydrogen-bond acceptors (Lipinski definition) is 7. The molecule has 0 aliphatic carbocycles. The van der Waals surface area contributed by atoms with Gasteiger partial charge < -0.3 is 9.47 Å². The Morgan fingerprint density at radius 1 is 1.30 bits per heavy atom. The minimum Gasteiger partial charge on any atom is -0.497 e. The quantitative estimate of drug-likeness (QED) is 0.474. The summed E-state index contributed by atoms with van der Waals surface area (Å²) in [4.78, 5) is 22.2. The molecule has 2 rings (SSSR count). The summed E-state index contributed by atoms with van der Waals surface area (Å²) in [6.07, 6.45) is 1.34. The molecule has 0 fully saturated rings. The minimum absolute atomic E-state index is 0.0145. The highest BCUT2D eigenvalue weighted by Crippen LogP contribution is 2.22. The van der Waals surface area contributed by atoms with Gasteiger partial charge in [0.05, 0.1) is 23.1 Å². The Kier molecular flexibility index (Phi) is 5.64. The van der Waals surface area contributed by atoms with Gasteiger partial charge in [-0.1, -0.05) is 11.3 Å². The number of carbonyl (C=O) groups is 1. The number of hydrogen-bond donors (Lipinski definition) is 1. The number of nitrogens with one attached hydrogen (secondary N) is 1. The fraction of sp³-hybridized carbons (Fsp3) is 0.143. The van der Waals surface area contributed by atoms with Gasteiger partial charge in [0.1, 0.15) is 11.5 Å². The van der Waals surface area contributed by atoms with Crippen molar-refractivity contribution < 1.29 is 19.2 Å². The van der Waals surface area contributed by atoms with Gasteiger partial charge in [-0.05, 0) is 30.3 Å². The molecule has 0 saturated carbocycles. The van der Waals surface area contributed by atoms with Gasteiger partial charge in [-0.2, -0.15) is 5.10 Å². The second-order valence-corrected chi connectivity index (χ2v) is 5.28. The molecule has 0 atom stereocenters. The first kappa shape index (κ1) is 16.4. The highest BCUT2D eigenvalue weighted by molar-refractivity contribution is 7.16. The molecule has 0 aliphatic rings. The third-order valence-corrected chi connectivity index (χ3v) is 3.57. The van der Waals surface area contributed by atoms with E-state index in [9.17, 15) is 14.9 Å². The van der Waals surface area contributed by atoms with E-state index >= 15 is 0 Å². The number of nitro groups is 1. The molecule has 0 radical (unpaired) electrons. The third kappa shape index (κ3) is 5.08. The maximum atomic E-state index is 11.6. The molecular formula is C14H13N3O5S. The van der Waals surface area contributed by atoms with E-state index in [1.54, 1.807) is 37.4 Å². The zero-order valence-corrected chi connectivity index (χ0v) is 12.9. The van der Waals surface area contributed by atoms with Crippen LogP contribution in [-0.2, 0) is 4.79 Å². The van der Waals surface area contributed by atoms with Crippen LogP contribution in [0, 0.1) is 10.1 Å². The summed E-state index contributed by atoms with van der Waals surface area (Å²) in [5, 5.41) is 14.3. The number of benzene rings is 1. The molecule has 1 heterocycles. The molecule has 120 valence electrons. The Morgan fingerprint density at radius 2 is 2.00 bits per heavy atom. The summed E-state index contributed by atoms with van der Waals surface area (Å²) in [5.41, 5.74) is 2.28. The molecule has 1 aromatic carbocycles. The molecule has 0 aliphatic heterocycles. The molecule has 0 saturated heterocycles. The van der Waals surface area contributed by atoms with E-state index in [0.717, 1.165) is 11.3 Å². The maximum Gasteiger partial charge on any atom is 0.324 e. The van der Waals surface area contributed by atoms with Crippen LogP contribution in [0.3, 0.4) is 0 Å². The monoisotopic (exact) mass is 335 g/mol. The summed E-state index contributed by atoms with van der Waals surface area (Å²) in [6.45, 7) is -0.200. The van der Waals surface area contributed by atoms with E-state index in [0.29, 0.717) is 16.4 Å². The first-order chi connectivity index (χ1) is 11.1. The summed E-state index contributed by atoms with van der Waals surface area (Å²) >= 11 is 0.964. The standard InChI is InChI=1S/C14H13N3O5S/c1-21-10-2-4-11(5-3-10)22-9-13(18)16-15-8-12-6-7-14(23-12)17(19)20/h2-8H,9H2,1H3,(H,16,18)/b15-8+. The lowest BCUT2D eigenvalue weighted by Gasteiger charge is -2.05. The van der Waals surface area contributed by atoms with Crippen LogP contribution in [0.1, 0.15) is 4.88 Å². The predicted octanol–water partition coefficient (Wildman–Crippen LogP) is 2.19. The topological polar surface area (TPSA) is 103 Å². The van der Waals surface area contributed by atoms with Crippen LogP contribution in [0.15, 0.2) is 41.5 Å². The van der Waals surface area contributed by atoms with Crippen molar-refractivity contribution in [2.24, 2.45) is 5.10 Å². The first-order valence-corrected chi connectivity index (χ1v) is 7.23. The summed E-state index contributed by atoms with van der Waals surface area (Å²) in [5.74, 6) is 0.776. The second kappa shape index (κ2) is 7.90. The molecule has 0 bridgehead atoms. The molecule has 9 heteroatoms. The van der Waals surface area contributed by atoms with Gasteiger partial charge >= 0.3 is 5.00 Å². The van der Waals surface area contributed by atoms with Gasteiger partial charge in [0.2, 0.25) is 0 Å². The molecule has 0 spiro atoms. The van der Waals surface area contributed by atoms with Crippen molar-refractivity contribution >= 4 is 28.5 Å². The van der Waals surface area contributed by atoms with Crippen molar-refractivity contribution in [3.05, 3.63) is 51.4 Å². The lowest BCUT2D eigenvalue weighted by atomic mass is 10.3. The predicted molar refractivity (Wildman–Crippen MR) is 85.2 cm³/mol. The Hall–Kier alpha value is -2.94. The van der Waals surface area contributed by atoms with Crippen LogP contribution >= 0.6 is 11.3 Å². The van der Waals surface area contributed by atoms with Gasteiger partial charge in [-0.25, -0.2) is 5.43 Å². The highest BCUT2D eigenvalue weighted by atomic mass is 32.1. The van der Waals surface area contributed by atoms with Crippen LogP contribution in [0.2, 0.25) is 0 Å². The number of amides is 1. The average Bonchev–Trinajstić information content (AvgIpc) is 3.02. The Bertz CT molecular complexity index is 711. The molecule has 2 aromatic rings. The van der Waals surface area contributed by atoms with Crippen LogP contribution in [0.25, 0.3) is 0 Å². The molecule has 8 nitrogen and oxygen atoms in total. The van der Waals surface area contributed by atoms with Crippen LogP contribution < -0.4 is 14.9 Å². The van der Waals surface area contributed by atoms with Crippen LogP contribution in [-0.4, -0.2) is 30.8 Å². The molecule has 1 N–H and O–H groups in total. The fourth-order valence-electron chi connectivity index (χ4n) is 1.53. The molecule has 1 aromatic heterocycles. The zero-order valence-electron chi connectivity index (χ0n) is 12.1. The Morgan fingerprint density at radius 3 is 2.61 bits per heavy atom. The first-order valence-electron chi connectivity index (χ1n) is 6.41. The maximum absolute atomic E-state index is 11.6. The van der Waals surface area contributed by atoms with Gasteiger partial charge in [0.25, 0.3) is 5.91 Å². The van der Waals surface area contributed by atoms with Gasteiger partial charge in [0.15, 0.2) is 6.61 Å². The second-order valence-electron chi connectivity index (χ2n) is 4.19. The van der Waals surface area contributed by atoms with Crippen molar-refractivity contribution in [3.63, 3.8) is 0 Å². The lowest BCUT2D eigenvalue weighted by molar-refractivity contribution is -0.380. The Labute approximate surface area is 135 Å². The average molecular weight is 335 g/mol. The summed E-state index contributed by atoms with van der Waals surface area (Å²) in [6, 6.07) is 9.72. The van der Waals surface area contributed by atoms with Crippen molar-refractivity contribution in [1.82, 2.24) is 5.43 Å². The van der Waals surface area contributed by atoms with Gasteiger partial charge in [-0.3, -0.25) is 14.9 Å². The Balaban J connectivity index is 1.77. The minimum atomic E-state index is -0.483. The van der Waals surface area contributed by atoms with E-state index in [1.807, 2.05) is 0 Å². The number of nitrogens with zero attached hydrogens (tertiary/aromatic N) is 2. The number of rotatable bonds is 7. The third-order valence-electron chi connectivity index (χ3n) is 2.60. The fourth-order valence-corrected chi connectivity index (χ4v) is 2.22. The number of ether oxygens (including phenoxy) is 2. The molecular weight excluding hydrogens is 322 g/mol. The van der Waals surface area contributed by atoms with Crippen molar-refractivity contribution in [2.75, 3.05) is 13.7 Å². The van der Waals surface area contributed by atoms with E-state index in [2.05, 4.69) is 10.5 Å². The van der Waals surface area contributed by atoms with Crippen molar-refractivity contribution in [3.8, 4) is 11.5 Å². The normalized spacial score (nSPS) is 10.5. The van der Waals surface area contributed by atoms with Crippen molar-refractivity contribution in [2.45, 2.75) is 0 Å². The van der Waals surface area contributed by atoms with Gasteiger partial charge in [0, 0.05) is 6.07 Å². The van der Waals surface area contributed by atoms with E-state index in [4.69, 9.17) is 9.47 Å². The largest absolute Gasteiger partial charge is 0.497 e. The highest BCUT2D eigenvalue weighted by Gasteiger charge is 2.08. The van der Waals surface area contributed by atoms with E-state index in [-0.39, 0.29) is 11.6 Å². The molecule has 23 heavy (non-hydrogen) atoms. The number of carbonyl (C=O) groups excluding carboxylic acids is 1. The number of hydrazone groups is 1. The summed E-state index contributed by atoms with van der Waals surface area (Å²) < 4.78 is 10.3.